The van der Waals surface area contributed by atoms with E-state index in [0.717, 1.165) is 29.4 Å². The third kappa shape index (κ3) is 4.93. The maximum absolute atomic E-state index is 12.7. The maximum atomic E-state index is 12.7. The lowest BCUT2D eigenvalue weighted by atomic mass is 10.1. The summed E-state index contributed by atoms with van der Waals surface area (Å²) in [4.78, 5) is 12.4. The zero-order valence-corrected chi connectivity index (χ0v) is 16.2. The van der Waals surface area contributed by atoms with Gasteiger partial charge in [-0.2, -0.15) is 0 Å². The Labute approximate surface area is 153 Å². The molecule has 1 unspecified atom stereocenters. The maximum Gasteiger partial charge on any atom is 0.241 e. The molecule has 1 N–H and O–H groups in total. The van der Waals surface area contributed by atoms with Crippen LogP contribution in [0.5, 0.6) is 0 Å². The number of hydrogen-bond acceptors (Lipinski definition) is 6. The molecule has 2 aromatic rings. The van der Waals surface area contributed by atoms with Crippen molar-refractivity contribution in [1.29, 1.82) is 0 Å². The van der Waals surface area contributed by atoms with Crippen molar-refractivity contribution >= 4 is 38.4 Å². The van der Waals surface area contributed by atoms with Crippen LogP contribution in [-0.2, 0) is 10.0 Å². The summed E-state index contributed by atoms with van der Waals surface area (Å²) in [6.45, 7) is 2.23. The predicted molar refractivity (Wildman–Crippen MR) is 106 cm³/mol. The molecule has 0 aliphatic carbocycles. The summed E-state index contributed by atoms with van der Waals surface area (Å²) >= 11 is 0.979. The van der Waals surface area contributed by atoms with Crippen LogP contribution in [0.25, 0.3) is 10.8 Å². The predicted octanol–water partition coefficient (Wildman–Crippen LogP) is 3.77. The van der Waals surface area contributed by atoms with E-state index in [-0.39, 0.29) is 10.1 Å². The van der Waals surface area contributed by atoms with Gasteiger partial charge in [0.05, 0.1) is 4.90 Å². The van der Waals surface area contributed by atoms with E-state index in [0.29, 0.717) is 18.4 Å². The number of fused-ring (bicyclic) bond motifs is 1. The minimum atomic E-state index is -3.60. The highest BCUT2D eigenvalue weighted by atomic mass is 32.2. The second kappa shape index (κ2) is 8.64. The van der Waals surface area contributed by atoms with Crippen LogP contribution in [0.4, 0.5) is 5.69 Å². The number of hydrogen-bond donors (Lipinski definition) is 1. The van der Waals surface area contributed by atoms with Crippen molar-refractivity contribution in [2.75, 3.05) is 25.5 Å². The average molecular weight is 382 g/mol. The highest BCUT2D eigenvalue weighted by Crippen LogP contribution is 2.30. The van der Waals surface area contributed by atoms with Crippen molar-refractivity contribution in [3.63, 3.8) is 0 Å². The zero-order valence-electron chi connectivity index (χ0n) is 14.6. The van der Waals surface area contributed by atoms with Gasteiger partial charge >= 0.3 is 0 Å². The van der Waals surface area contributed by atoms with E-state index in [1.54, 1.807) is 12.1 Å². The van der Waals surface area contributed by atoms with Gasteiger partial charge in [-0.25, -0.2) is 13.1 Å². The molecule has 0 amide bonds. The van der Waals surface area contributed by atoms with Gasteiger partial charge in [0, 0.05) is 58.9 Å². The van der Waals surface area contributed by atoms with E-state index in [9.17, 15) is 13.3 Å². The minimum absolute atomic E-state index is 0.0854. The first-order valence-corrected chi connectivity index (χ1v) is 10.4. The van der Waals surface area contributed by atoms with E-state index in [4.69, 9.17) is 0 Å². The van der Waals surface area contributed by atoms with Crippen LogP contribution in [0.1, 0.15) is 19.8 Å². The molecule has 25 heavy (non-hydrogen) atoms. The molecule has 0 aliphatic heterocycles. The lowest BCUT2D eigenvalue weighted by molar-refractivity contribution is 0.577. The van der Waals surface area contributed by atoms with Gasteiger partial charge in [0.1, 0.15) is 0 Å². The molecule has 0 fully saturated rings. The Hall–Kier alpha value is -1.64. The largest absolute Gasteiger partial charge is 0.377 e. The van der Waals surface area contributed by atoms with Crippen molar-refractivity contribution in [1.82, 2.24) is 4.72 Å². The summed E-state index contributed by atoms with van der Waals surface area (Å²) in [6.07, 6.45) is 1.37. The molecule has 6 nitrogen and oxygen atoms in total. The molecule has 2 aromatic carbocycles. The fourth-order valence-electron chi connectivity index (χ4n) is 2.69. The Morgan fingerprint density at radius 2 is 1.84 bits per heavy atom. The minimum Gasteiger partial charge on any atom is -0.377 e. The molecule has 2 rings (SSSR count). The SMILES string of the molecule is CC(CCCNS(=O)(=O)c1cccc2c(N(C)C)cccc12)SN=O. The van der Waals surface area contributed by atoms with Crippen LogP contribution in [0.15, 0.2) is 45.9 Å². The van der Waals surface area contributed by atoms with Crippen LogP contribution in [0.2, 0.25) is 0 Å². The first kappa shape index (κ1) is 19.7. The molecule has 0 bridgehead atoms. The Kier molecular flexibility index (Phi) is 6.80. The number of sulfonamides is 1. The van der Waals surface area contributed by atoms with Gasteiger partial charge in [-0.1, -0.05) is 31.2 Å². The second-order valence-electron chi connectivity index (χ2n) is 6.05. The molecule has 1 atom stereocenters. The summed E-state index contributed by atoms with van der Waals surface area (Å²) in [5, 5.41) is 1.69. The van der Waals surface area contributed by atoms with Crippen LogP contribution in [-0.4, -0.2) is 34.3 Å². The summed E-state index contributed by atoms with van der Waals surface area (Å²) in [7, 11) is 0.264. The number of benzene rings is 2. The lowest BCUT2D eigenvalue weighted by Gasteiger charge is -2.17. The van der Waals surface area contributed by atoms with Crippen LogP contribution < -0.4 is 9.62 Å². The Bertz CT molecular complexity index is 838. The smallest absolute Gasteiger partial charge is 0.241 e. The Balaban J connectivity index is 2.19. The van der Waals surface area contributed by atoms with Gasteiger partial charge in [0.2, 0.25) is 10.0 Å². The fraction of sp³-hybridized carbons (Fsp3) is 0.412. The Morgan fingerprint density at radius 1 is 1.16 bits per heavy atom. The van der Waals surface area contributed by atoms with Crippen LogP contribution in [0.3, 0.4) is 0 Å². The van der Waals surface area contributed by atoms with Crippen LogP contribution in [0, 0.1) is 4.91 Å². The topological polar surface area (TPSA) is 78.8 Å². The van der Waals surface area contributed by atoms with Crippen molar-refractivity contribution in [2.24, 2.45) is 4.58 Å². The first-order valence-electron chi connectivity index (χ1n) is 8.04. The number of nitrogens with one attached hydrogen (secondary N) is 1. The molecule has 0 heterocycles. The van der Waals surface area contributed by atoms with Crippen molar-refractivity contribution in [3.05, 3.63) is 41.3 Å². The second-order valence-corrected chi connectivity index (χ2v) is 8.95. The molecule has 0 aliphatic rings. The normalized spacial score (nSPS) is 12.9. The molecular weight excluding hydrogens is 358 g/mol. The number of nitrogens with zero attached hydrogens (tertiary/aromatic N) is 2. The highest BCUT2D eigenvalue weighted by molar-refractivity contribution is 7.98. The van der Waals surface area contributed by atoms with E-state index in [1.165, 1.54) is 0 Å². The van der Waals surface area contributed by atoms with Gasteiger partial charge in [0.15, 0.2) is 0 Å². The molecule has 0 saturated carbocycles. The summed E-state index contributed by atoms with van der Waals surface area (Å²) in [5.41, 5.74) is 0.974. The highest BCUT2D eigenvalue weighted by Gasteiger charge is 2.18. The van der Waals surface area contributed by atoms with Crippen molar-refractivity contribution in [3.8, 4) is 0 Å². The fourth-order valence-corrected chi connectivity index (χ4v) is 4.40. The van der Waals surface area contributed by atoms with E-state index < -0.39 is 10.0 Å². The molecule has 0 radical (unpaired) electrons. The number of anilines is 1. The van der Waals surface area contributed by atoms with Gasteiger partial charge in [-0.3, -0.25) is 0 Å². The third-order valence-corrected chi connectivity index (χ3v) is 6.13. The first-order chi connectivity index (χ1) is 11.9. The lowest BCUT2D eigenvalue weighted by Crippen LogP contribution is -2.25. The summed E-state index contributed by atoms with van der Waals surface area (Å²) in [6, 6.07) is 11.0. The van der Waals surface area contributed by atoms with Crippen LogP contribution >= 0.6 is 11.9 Å². The van der Waals surface area contributed by atoms with Gasteiger partial charge in [-0.05, 0) is 25.0 Å². The number of rotatable bonds is 9. The zero-order chi connectivity index (χ0) is 18.4. The van der Waals surface area contributed by atoms with Gasteiger partial charge in [-0.15, -0.1) is 4.91 Å². The molecule has 136 valence electrons. The Morgan fingerprint density at radius 3 is 2.52 bits per heavy atom. The van der Waals surface area contributed by atoms with Gasteiger partial charge in [0.25, 0.3) is 0 Å². The quantitative estimate of drug-likeness (QED) is 0.406. The van der Waals surface area contributed by atoms with Crippen molar-refractivity contribution < 1.29 is 8.42 Å². The van der Waals surface area contributed by atoms with E-state index in [1.807, 2.05) is 50.2 Å². The van der Waals surface area contributed by atoms with Crippen molar-refractivity contribution in [2.45, 2.75) is 29.9 Å². The van der Waals surface area contributed by atoms with E-state index >= 15 is 0 Å². The van der Waals surface area contributed by atoms with Gasteiger partial charge < -0.3 is 4.90 Å². The standard InChI is InChI=1S/C17H23N3O3S2/c1-13(24-19-21)7-6-12-18-25(22,23)17-11-5-8-14-15(17)9-4-10-16(14)20(2)3/h4-5,8-11,13,18H,6-7,12H2,1-3H3. The number of nitroso groups, excluding NO2 is 1. The molecule has 0 aromatic heterocycles. The third-order valence-electron chi connectivity index (χ3n) is 3.93. The monoisotopic (exact) mass is 381 g/mol. The molecule has 8 heteroatoms. The summed E-state index contributed by atoms with van der Waals surface area (Å²) < 4.78 is 30.8. The molecular formula is C17H23N3O3S2. The molecule has 0 spiro atoms. The molecule has 0 saturated heterocycles. The summed E-state index contributed by atoms with van der Waals surface area (Å²) in [5.74, 6) is 0. The average Bonchev–Trinajstić information content (AvgIpc) is 2.57. The van der Waals surface area contributed by atoms with E-state index in [2.05, 4.69) is 9.30 Å².